The first-order valence-electron chi connectivity index (χ1n) is 5.38. The number of aromatic nitrogens is 2. The molecule has 19 heavy (non-hydrogen) atoms. The van der Waals surface area contributed by atoms with Gasteiger partial charge in [0, 0.05) is 17.2 Å². The molecule has 1 aliphatic heterocycles. The van der Waals surface area contributed by atoms with Gasteiger partial charge >= 0.3 is 5.69 Å². The van der Waals surface area contributed by atoms with Gasteiger partial charge in [0.1, 0.15) is 18.4 Å². The van der Waals surface area contributed by atoms with Gasteiger partial charge in [0.15, 0.2) is 0 Å². The maximum atomic E-state index is 11.6. The van der Waals surface area contributed by atoms with Crippen molar-refractivity contribution in [3.05, 3.63) is 43.5 Å². The monoisotopic (exact) mass is 269 g/mol. The number of hydrogen-bond donors (Lipinski definition) is 3. The highest BCUT2D eigenvalue weighted by Gasteiger charge is 2.44. The van der Waals surface area contributed by atoms with Crippen molar-refractivity contribution >= 4 is 0 Å². The summed E-state index contributed by atoms with van der Waals surface area (Å²) in [6.07, 6.45) is -2.14. The minimum atomic E-state index is -1.25. The van der Waals surface area contributed by atoms with Crippen LogP contribution in [0.15, 0.2) is 27.0 Å². The molecule has 102 valence electrons. The van der Waals surface area contributed by atoms with Crippen molar-refractivity contribution < 1.29 is 14.9 Å². The second-order valence-electron chi connectivity index (χ2n) is 3.95. The van der Waals surface area contributed by atoms with Gasteiger partial charge in [-0.3, -0.25) is 14.3 Å². The van der Waals surface area contributed by atoms with Crippen molar-refractivity contribution in [2.75, 3.05) is 6.61 Å². The molecule has 1 aromatic rings. The van der Waals surface area contributed by atoms with E-state index in [4.69, 9.17) is 15.4 Å². The third-order valence-electron chi connectivity index (χ3n) is 2.83. The molecule has 3 N–H and O–H groups in total. The molecule has 0 aromatic carbocycles. The lowest BCUT2D eigenvalue weighted by Crippen LogP contribution is -2.36. The standard InChI is InChI=1S/C9H11N5O5/c10-13-12-6-7(17)4(3-15)19-8(6)14-2-1-5(16)11-9(14)18/h1-2,4,6-8,15,17H,3H2,(H,11,16,18)/t4-,6?,7+,8-/m1/s1. The van der Waals surface area contributed by atoms with Gasteiger partial charge in [-0.2, -0.15) is 0 Å². The van der Waals surface area contributed by atoms with Gasteiger partial charge in [-0.25, -0.2) is 4.79 Å². The highest BCUT2D eigenvalue weighted by Crippen LogP contribution is 2.30. The largest absolute Gasteiger partial charge is 0.394 e. The zero-order valence-corrected chi connectivity index (χ0v) is 9.58. The SMILES string of the molecule is [N-]=[N+]=NC1[C@@H](O)[C@@H](CO)O[C@H]1n1ccc(=O)[nH]c1=O. The molecular formula is C9H11N5O5. The number of aliphatic hydroxyl groups excluding tert-OH is 2. The van der Waals surface area contributed by atoms with Gasteiger partial charge in [0.25, 0.3) is 5.56 Å². The number of rotatable bonds is 3. The molecule has 1 saturated heterocycles. The molecule has 0 spiro atoms. The summed E-state index contributed by atoms with van der Waals surface area (Å²) in [7, 11) is 0. The molecular weight excluding hydrogens is 258 g/mol. The summed E-state index contributed by atoms with van der Waals surface area (Å²) in [5.74, 6) is 0. The van der Waals surface area contributed by atoms with E-state index in [1.165, 1.54) is 0 Å². The van der Waals surface area contributed by atoms with Crippen LogP contribution in [0.3, 0.4) is 0 Å². The van der Waals surface area contributed by atoms with Gasteiger partial charge in [-0.05, 0) is 5.53 Å². The Morgan fingerprint density at radius 1 is 1.58 bits per heavy atom. The average molecular weight is 269 g/mol. The fourth-order valence-corrected chi connectivity index (χ4v) is 1.92. The maximum Gasteiger partial charge on any atom is 0.330 e. The molecule has 10 nitrogen and oxygen atoms in total. The van der Waals surface area contributed by atoms with E-state index in [1.807, 2.05) is 4.98 Å². The number of nitrogens with zero attached hydrogens (tertiary/aromatic N) is 4. The molecule has 1 unspecified atom stereocenters. The highest BCUT2D eigenvalue weighted by molar-refractivity contribution is 4.96. The van der Waals surface area contributed by atoms with Gasteiger partial charge in [-0.15, -0.1) is 0 Å². The lowest BCUT2D eigenvalue weighted by molar-refractivity contribution is -0.0464. The summed E-state index contributed by atoms with van der Waals surface area (Å²) in [6.45, 7) is -0.493. The molecule has 1 aliphatic rings. The summed E-state index contributed by atoms with van der Waals surface area (Å²) in [5.41, 5.74) is 7.12. The lowest BCUT2D eigenvalue weighted by atomic mass is 10.1. The maximum absolute atomic E-state index is 11.6. The van der Waals surface area contributed by atoms with E-state index in [1.54, 1.807) is 0 Å². The van der Waals surface area contributed by atoms with Crippen LogP contribution in [-0.4, -0.2) is 44.6 Å². The molecule has 0 amide bonds. The Kier molecular flexibility index (Phi) is 3.67. The predicted molar refractivity (Wildman–Crippen MR) is 61.3 cm³/mol. The van der Waals surface area contributed by atoms with Gasteiger partial charge in [0.05, 0.1) is 12.7 Å². The summed E-state index contributed by atoms with van der Waals surface area (Å²) in [5, 5.41) is 22.2. The third-order valence-corrected chi connectivity index (χ3v) is 2.83. The summed E-state index contributed by atoms with van der Waals surface area (Å²) >= 11 is 0. The summed E-state index contributed by atoms with van der Waals surface area (Å²) in [4.78, 5) is 27.2. The molecule has 10 heteroatoms. The van der Waals surface area contributed by atoms with Crippen LogP contribution in [0.25, 0.3) is 10.4 Å². The zero-order chi connectivity index (χ0) is 14.0. The smallest absolute Gasteiger partial charge is 0.330 e. The van der Waals surface area contributed by atoms with Gasteiger partial charge in [0.2, 0.25) is 0 Å². The first kappa shape index (κ1) is 13.3. The zero-order valence-electron chi connectivity index (χ0n) is 9.58. The van der Waals surface area contributed by atoms with E-state index >= 15 is 0 Å². The Morgan fingerprint density at radius 2 is 2.32 bits per heavy atom. The van der Waals surface area contributed by atoms with Crippen molar-refractivity contribution in [2.45, 2.75) is 24.5 Å². The molecule has 4 atom stereocenters. The van der Waals surface area contributed by atoms with Crippen molar-refractivity contribution in [2.24, 2.45) is 5.11 Å². The number of ether oxygens (including phenoxy) is 1. The van der Waals surface area contributed by atoms with Crippen LogP contribution >= 0.6 is 0 Å². The van der Waals surface area contributed by atoms with Crippen LogP contribution in [-0.2, 0) is 4.74 Å². The first-order chi connectivity index (χ1) is 9.08. The Hall–Kier alpha value is -2.13. The van der Waals surface area contributed by atoms with Crippen LogP contribution < -0.4 is 11.2 Å². The predicted octanol–water partition coefficient (Wildman–Crippen LogP) is -1.53. The number of azide groups is 1. The Balaban J connectivity index is 2.44. The van der Waals surface area contributed by atoms with Crippen molar-refractivity contribution in [1.29, 1.82) is 0 Å². The molecule has 1 aromatic heterocycles. The molecule has 2 heterocycles. The Morgan fingerprint density at radius 3 is 2.89 bits per heavy atom. The molecule has 2 rings (SSSR count). The molecule has 0 radical (unpaired) electrons. The van der Waals surface area contributed by atoms with Crippen molar-refractivity contribution in [1.82, 2.24) is 9.55 Å². The van der Waals surface area contributed by atoms with Gasteiger partial charge in [-0.1, -0.05) is 5.11 Å². The number of aliphatic hydroxyl groups is 2. The molecule has 0 saturated carbocycles. The minimum Gasteiger partial charge on any atom is -0.394 e. The Bertz CT molecular complexity index is 618. The second kappa shape index (κ2) is 5.24. The fraction of sp³-hybridized carbons (Fsp3) is 0.556. The number of nitrogens with one attached hydrogen (secondary N) is 1. The number of aromatic amines is 1. The quantitative estimate of drug-likeness (QED) is 0.345. The molecule has 1 fully saturated rings. The number of H-pyrrole nitrogens is 1. The minimum absolute atomic E-state index is 0.493. The van der Waals surface area contributed by atoms with Crippen molar-refractivity contribution in [3.8, 4) is 0 Å². The van der Waals surface area contributed by atoms with Crippen LogP contribution in [0, 0.1) is 0 Å². The van der Waals surface area contributed by atoms with Crippen molar-refractivity contribution in [3.63, 3.8) is 0 Å². The topological polar surface area (TPSA) is 153 Å². The normalized spacial score (nSPS) is 30.0. The Labute approximate surface area is 105 Å². The van der Waals surface area contributed by atoms with E-state index in [9.17, 15) is 14.7 Å². The lowest BCUT2D eigenvalue weighted by Gasteiger charge is -2.17. The third kappa shape index (κ3) is 2.37. The van der Waals surface area contributed by atoms with E-state index in [2.05, 4.69) is 10.0 Å². The summed E-state index contributed by atoms with van der Waals surface area (Å²) in [6, 6.07) is 0.0158. The molecule has 0 aliphatic carbocycles. The van der Waals surface area contributed by atoms with Crippen LogP contribution in [0.4, 0.5) is 0 Å². The molecule has 0 bridgehead atoms. The number of hydrogen-bond acceptors (Lipinski definition) is 6. The van der Waals surface area contributed by atoms with Crippen LogP contribution in [0.1, 0.15) is 6.23 Å². The van der Waals surface area contributed by atoms with Gasteiger partial charge < -0.3 is 14.9 Å². The van der Waals surface area contributed by atoms with E-state index in [-0.39, 0.29) is 0 Å². The van der Waals surface area contributed by atoms with E-state index < -0.39 is 42.3 Å². The fourth-order valence-electron chi connectivity index (χ4n) is 1.92. The first-order valence-corrected chi connectivity index (χ1v) is 5.38. The summed E-state index contributed by atoms with van der Waals surface area (Å²) < 4.78 is 6.26. The van der Waals surface area contributed by atoms with E-state index in [0.717, 1.165) is 16.8 Å². The van der Waals surface area contributed by atoms with E-state index in [0.29, 0.717) is 0 Å². The second-order valence-corrected chi connectivity index (χ2v) is 3.95. The highest BCUT2D eigenvalue weighted by atomic mass is 16.5. The average Bonchev–Trinajstić information content (AvgIpc) is 2.68. The van der Waals surface area contributed by atoms with Crippen LogP contribution in [0.2, 0.25) is 0 Å². The van der Waals surface area contributed by atoms with Crippen LogP contribution in [0.5, 0.6) is 0 Å².